The van der Waals surface area contributed by atoms with Gasteiger partial charge in [0.05, 0.1) is 24.8 Å². The van der Waals surface area contributed by atoms with E-state index in [9.17, 15) is 4.79 Å². The van der Waals surface area contributed by atoms with Crippen LogP contribution in [0.5, 0.6) is 17.2 Å². The van der Waals surface area contributed by atoms with Gasteiger partial charge in [0, 0.05) is 5.56 Å². The average Bonchev–Trinajstić information content (AvgIpc) is 2.61. The Balaban J connectivity index is 2.18. The van der Waals surface area contributed by atoms with E-state index in [4.69, 9.17) is 14.2 Å². The highest BCUT2D eigenvalue weighted by Gasteiger charge is 2.10. The number of hydrogen-bond acceptors (Lipinski definition) is 4. The Kier molecular flexibility index (Phi) is 7.07. The van der Waals surface area contributed by atoms with Gasteiger partial charge in [-0.2, -0.15) is 0 Å². The van der Waals surface area contributed by atoms with Crippen molar-refractivity contribution in [2.24, 2.45) is 0 Å². The molecule has 5 heteroatoms. The Morgan fingerprint density at radius 2 is 1.76 bits per heavy atom. The molecule has 0 fully saturated rings. The topological polar surface area (TPSA) is 44.8 Å². The van der Waals surface area contributed by atoms with Crippen LogP contribution >= 0.6 is 15.9 Å². The third-order valence-electron chi connectivity index (χ3n) is 3.41. The Hall–Kier alpha value is -2.27. The maximum absolute atomic E-state index is 12.3. The number of carbonyl (C=O) groups is 1. The maximum Gasteiger partial charge on any atom is 0.185 e. The Morgan fingerprint density at radius 1 is 1.08 bits per heavy atom. The van der Waals surface area contributed by atoms with E-state index in [1.807, 2.05) is 26.0 Å². The minimum Gasteiger partial charge on any atom is -0.494 e. The normalized spacial score (nSPS) is 10.7. The van der Waals surface area contributed by atoms with Gasteiger partial charge in [-0.1, -0.05) is 6.08 Å². The molecule has 0 amide bonds. The minimum absolute atomic E-state index is 0.0760. The molecular formula is C20H21BrO4. The van der Waals surface area contributed by atoms with Gasteiger partial charge in [0.25, 0.3) is 0 Å². The lowest BCUT2D eigenvalue weighted by Gasteiger charge is -2.12. The quantitative estimate of drug-likeness (QED) is 0.450. The summed E-state index contributed by atoms with van der Waals surface area (Å²) in [6.07, 6.45) is 3.30. The molecule has 0 heterocycles. The number of carbonyl (C=O) groups excluding carboxylic acids is 1. The standard InChI is InChI=1S/C20H21BrO4/c1-4-24-16-9-7-15(8-10-16)18(22)11-6-14-12-17(21)20(23-3)19(13-14)25-5-2/h6-13H,4-5H2,1-3H3/b11-6+. The van der Waals surface area contributed by atoms with Crippen molar-refractivity contribution in [3.63, 3.8) is 0 Å². The van der Waals surface area contributed by atoms with Gasteiger partial charge in [0.2, 0.25) is 0 Å². The number of methoxy groups -OCH3 is 1. The van der Waals surface area contributed by atoms with Crippen LogP contribution in [0.1, 0.15) is 29.8 Å². The second-order valence-corrected chi connectivity index (χ2v) is 5.98. The molecule has 2 rings (SSSR count). The molecule has 0 bridgehead atoms. The summed E-state index contributed by atoms with van der Waals surface area (Å²) in [5.74, 6) is 1.95. The highest BCUT2D eigenvalue weighted by Crippen LogP contribution is 2.36. The number of halogens is 1. The summed E-state index contributed by atoms with van der Waals surface area (Å²) in [5.41, 5.74) is 1.45. The lowest BCUT2D eigenvalue weighted by Crippen LogP contribution is -1.97. The Labute approximate surface area is 156 Å². The fourth-order valence-electron chi connectivity index (χ4n) is 2.30. The maximum atomic E-state index is 12.3. The predicted octanol–water partition coefficient (Wildman–Crippen LogP) is 5.15. The van der Waals surface area contributed by atoms with E-state index in [0.29, 0.717) is 30.3 Å². The van der Waals surface area contributed by atoms with E-state index < -0.39 is 0 Å². The molecule has 0 radical (unpaired) electrons. The summed E-state index contributed by atoms with van der Waals surface area (Å²) in [4.78, 5) is 12.3. The van der Waals surface area contributed by atoms with Gasteiger partial charge in [-0.3, -0.25) is 4.79 Å². The van der Waals surface area contributed by atoms with Crippen molar-refractivity contribution >= 4 is 27.8 Å². The minimum atomic E-state index is -0.0760. The van der Waals surface area contributed by atoms with E-state index in [2.05, 4.69) is 15.9 Å². The largest absolute Gasteiger partial charge is 0.494 e. The van der Waals surface area contributed by atoms with Crippen molar-refractivity contribution in [1.29, 1.82) is 0 Å². The molecule has 0 aromatic heterocycles. The van der Waals surface area contributed by atoms with Gasteiger partial charge >= 0.3 is 0 Å². The first-order valence-corrected chi connectivity index (χ1v) is 8.84. The summed E-state index contributed by atoms with van der Waals surface area (Å²) in [7, 11) is 1.59. The predicted molar refractivity (Wildman–Crippen MR) is 103 cm³/mol. The zero-order valence-corrected chi connectivity index (χ0v) is 16.1. The first-order valence-electron chi connectivity index (χ1n) is 8.04. The van der Waals surface area contributed by atoms with Crippen molar-refractivity contribution in [3.05, 3.63) is 58.1 Å². The molecule has 0 aliphatic heterocycles. The van der Waals surface area contributed by atoms with Gasteiger partial charge in [0.15, 0.2) is 17.3 Å². The average molecular weight is 405 g/mol. The summed E-state index contributed by atoms with van der Waals surface area (Å²) >= 11 is 3.47. The van der Waals surface area contributed by atoms with Crippen LogP contribution in [0.4, 0.5) is 0 Å². The van der Waals surface area contributed by atoms with Gasteiger partial charge < -0.3 is 14.2 Å². The SMILES string of the molecule is CCOc1ccc(C(=O)/C=C/c2cc(Br)c(OC)c(OCC)c2)cc1. The highest BCUT2D eigenvalue weighted by molar-refractivity contribution is 9.10. The van der Waals surface area contributed by atoms with Crippen molar-refractivity contribution in [2.75, 3.05) is 20.3 Å². The highest BCUT2D eigenvalue weighted by atomic mass is 79.9. The van der Waals surface area contributed by atoms with E-state index in [-0.39, 0.29) is 5.78 Å². The second-order valence-electron chi connectivity index (χ2n) is 5.12. The van der Waals surface area contributed by atoms with Crippen molar-refractivity contribution < 1.29 is 19.0 Å². The van der Waals surface area contributed by atoms with Crippen molar-refractivity contribution in [2.45, 2.75) is 13.8 Å². The summed E-state index contributed by atoms with van der Waals surface area (Å²) in [5, 5.41) is 0. The zero-order chi connectivity index (χ0) is 18.2. The fraction of sp³-hybridized carbons (Fsp3) is 0.250. The molecule has 132 valence electrons. The van der Waals surface area contributed by atoms with E-state index >= 15 is 0 Å². The Morgan fingerprint density at radius 3 is 2.36 bits per heavy atom. The molecule has 0 saturated heterocycles. The van der Waals surface area contributed by atoms with Gasteiger partial charge in [-0.05, 0) is 77.8 Å². The van der Waals surface area contributed by atoms with E-state index in [1.54, 1.807) is 43.5 Å². The molecule has 0 spiro atoms. The molecule has 2 aromatic rings. The van der Waals surface area contributed by atoms with Crippen LogP contribution in [-0.2, 0) is 0 Å². The molecule has 2 aromatic carbocycles. The number of allylic oxidation sites excluding steroid dienone is 1. The van der Waals surface area contributed by atoms with Crippen molar-refractivity contribution in [1.82, 2.24) is 0 Å². The molecule has 0 unspecified atom stereocenters. The summed E-state index contributed by atoms with van der Waals surface area (Å²) < 4.78 is 17.1. The summed E-state index contributed by atoms with van der Waals surface area (Å²) in [6, 6.07) is 10.8. The monoisotopic (exact) mass is 404 g/mol. The number of rotatable bonds is 8. The molecule has 4 nitrogen and oxygen atoms in total. The number of hydrogen-bond donors (Lipinski definition) is 0. The number of ketones is 1. The van der Waals surface area contributed by atoms with E-state index in [0.717, 1.165) is 15.8 Å². The third-order valence-corrected chi connectivity index (χ3v) is 4.00. The first-order chi connectivity index (χ1) is 12.1. The summed E-state index contributed by atoms with van der Waals surface area (Å²) in [6.45, 7) is 4.96. The van der Waals surface area contributed by atoms with Crippen LogP contribution in [0.3, 0.4) is 0 Å². The molecule has 0 atom stereocenters. The molecular weight excluding hydrogens is 384 g/mol. The fourth-order valence-corrected chi connectivity index (χ4v) is 2.92. The third kappa shape index (κ3) is 5.10. The van der Waals surface area contributed by atoms with Crippen molar-refractivity contribution in [3.8, 4) is 17.2 Å². The van der Waals surface area contributed by atoms with Gasteiger partial charge in [-0.15, -0.1) is 0 Å². The van der Waals surface area contributed by atoms with Gasteiger partial charge in [-0.25, -0.2) is 0 Å². The molecule has 0 aliphatic carbocycles. The van der Waals surface area contributed by atoms with Crippen LogP contribution < -0.4 is 14.2 Å². The Bertz CT molecular complexity index is 751. The lowest BCUT2D eigenvalue weighted by atomic mass is 10.1. The number of benzene rings is 2. The zero-order valence-electron chi connectivity index (χ0n) is 14.5. The van der Waals surface area contributed by atoms with E-state index in [1.165, 1.54) is 0 Å². The smallest absolute Gasteiger partial charge is 0.185 e. The molecule has 0 N–H and O–H groups in total. The van der Waals surface area contributed by atoms with Gasteiger partial charge in [0.1, 0.15) is 5.75 Å². The molecule has 0 aliphatic rings. The van der Waals surface area contributed by atoms with Crippen LogP contribution in [-0.4, -0.2) is 26.1 Å². The second kappa shape index (κ2) is 9.28. The van der Waals surface area contributed by atoms with Crippen LogP contribution in [0, 0.1) is 0 Å². The molecule has 0 saturated carbocycles. The molecule has 25 heavy (non-hydrogen) atoms. The lowest BCUT2D eigenvalue weighted by molar-refractivity contribution is 0.104. The van der Waals surface area contributed by atoms with Crippen LogP contribution in [0.2, 0.25) is 0 Å². The first kappa shape index (κ1) is 19.1. The van der Waals surface area contributed by atoms with Crippen LogP contribution in [0.25, 0.3) is 6.08 Å². The van der Waals surface area contributed by atoms with Crippen LogP contribution in [0.15, 0.2) is 46.9 Å². The number of ether oxygens (including phenoxy) is 3.